The van der Waals surface area contributed by atoms with Crippen LogP contribution in [0.15, 0.2) is 17.0 Å². The van der Waals surface area contributed by atoms with E-state index in [9.17, 15) is 12.8 Å². The molecule has 1 aromatic carbocycles. The predicted molar refractivity (Wildman–Crippen MR) is 79.2 cm³/mol. The Morgan fingerprint density at radius 2 is 1.76 bits per heavy atom. The number of hydrogen-bond acceptors (Lipinski definition) is 3. The lowest BCUT2D eigenvalue weighted by molar-refractivity contribution is 0.334. The maximum atomic E-state index is 13.5. The van der Waals surface area contributed by atoms with Crippen LogP contribution in [0.5, 0.6) is 0 Å². The highest BCUT2D eigenvalue weighted by Crippen LogP contribution is 2.35. The number of sulfonamides is 1. The fraction of sp³-hybridized carbons (Fsp3) is 0.600. The zero-order chi connectivity index (χ0) is 15.2. The molecule has 2 aliphatic rings. The van der Waals surface area contributed by atoms with E-state index in [2.05, 4.69) is 5.32 Å². The first-order chi connectivity index (χ1) is 9.91. The smallest absolute Gasteiger partial charge is 0.244 e. The molecule has 0 amide bonds. The first kappa shape index (κ1) is 14.9. The van der Waals surface area contributed by atoms with Crippen molar-refractivity contribution < 1.29 is 12.8 Å². The first-order valence-electron chi connectivity index (χ1n) is 7.42. The maximum Gasteiger partial charge on any atom is 0.244 e. The lowest BCUT2D eigenvalue weighted by Crippen LogP contribution is -2.42. The molecule has 6 heteroatoms. The Balaban J connectivity index is 2.09. The van der Waals surface area contributed by atoms with Crippen LogP contribution in [0.3, 0.4) is 0 Å². The molecular weight excluding hydrogens is 291 g/mol. The van der Waals surface area contributed by atoms with Crippen molar-refractivity contribution in [1.29, 1.82) is 0 Å². The van der Waals surface area contributed by atoms with Crippen LogP contribution in [0.25, 0.3) is 0 Å². The molecule has 2 saturated heterocycles. The van der Waals surface area contributed by atoms with Crippen molar-refractivity contribution in [2.45, 2.75) is 50.1 Å². The number of nitrogens with zero attached hydrogens (tertiary/aromatic N) is 1. The molecule has 3 rings (SSSR count). The highest BCUT2D eigenvalue weighted by atomic mass is 32.2. The molecule has 4 nitrogen and oxygen atoms in total. The van der Waals surface area contributed by atoms with Gasteiger partial charge in [0.2, 0.25) is 10.0 Å². The largest absolute Gasteiger partial charge is 0.315 e. The Labute approximate surface area is 125 Å². The van der Waals surface area contributed by atoms with Gasteiger partial charge in [-0.25, -0.2) is 12.8 Å². The van der Waals surface area contributed by atoms with Gasteiger partial charge >= 0.3 is 0 Å². The maximum absolute atomic E-state index is 13.5. The Morgan fingerprint density at radius 1 is 1.14 bits per heavy atom. The summed E-state index contributed by atoms with van der Waals surface area (Å²) in [6.45, 7) is 4.89. The zero-order valence-corrected chi connectivity index (χ0v) is 13.2. The third-order valence-electron chi connectivity index (χ3n) is 4.55. The Morgan fingerprint density at radius 3 is 2.43 bits per heavy atom. The van der Waals surface area contributed by atoms with Gasteiger partial charge in [-0.05, 0) is 62.9 Å². The molecule has 2 aliphatic heterocycles. The van der Waals surface area contributed by atoms with Crippen molar-refractivity contribution in [3.63, 3.8) is 0 Å². The second kappa shape index (κ2) is 5.34. The van der Waals surface area contributed by atoms with Gasteiger partial charge in [0.05, 0.1) is 4.90 Å². The van der Waals surface area contributed by atoms with Crippen molar-refractivity contribution in [2.75, 3.05) is 13.1 Å². The third-order valence-corrected chi connectivity index (χ3v) is 6.86. The minimum atomic E-state index is -3.57. The molecule has 0 radical (unpaired) electrons. The van der Waals surface area contributed by atoms with Crippen molar-refractivity contribution >= 4 is 10.0 Å². The summed E-state index contributed by atoms with van der Waals surface area (Å²) in [6, 6.07) is 2.70. The summed E-state index contributed by atoms with van der Waals surface area (Å²) < 4.78 is 41.4. The van der Waals surface area contributed by atoms with Gasteiger partial charge in [-0.1, -0.05) is 0 Å². The molecule has 2 bridgehead atoms. The molecule has 2 heterocycles. The van der Waals surface area contributed by atoms with Crippen LogP contribution in [0.4, 0.5) is 4.39 Å². The van der Waals surface area contributed by atoms with E-state index in [-0.39, 0.29) is 22.8 Å². The van der Waals surface area contributed by atoms with E-state index in [0.717, 1.165) is 25.8 Å². The summed E-state index contributed by atoms with van der Waals surface area (Å²) in [6.07, 6.45) is 2.66. The van der Waals surface area contributed by atoms with Crippen molar-refractivity contribution in [3.05, 3.63) is 29.1 Å². The number of aryl methyl sites for hydroxylation is 2. The molecule has 116 valence electrons. The third kappa shape index (κ3) is 2.49. The van der Waals surface area contributed by atoms with Gasteiger partial charge in [0.1, 0.15) is 5.82 Å². The van der Waals surface area contributed by atoms with Crippen LogP contribution >= 0.6 is 0 Å². The van der Waals surface area contributed by atoms with Crippen LogP contribution in [0.2, 0.25) is 0 Å². The monoisotopic (exact) mass is 312 g/mol. The van der Waals surface area contributed by atoms with Crippen molar-refractivity contribution in [3.8, 4) is 0 Å². The predicted octanol–water partition coefficient (Wildman–Crippen LogP) is 1.96. The molecule has 2 unspecified atom stereocenters. The van der Waals surface area contributed by atoms with E-state index in [1.54, 1.807) is 18.2 Å². The van der Waals surface area contributed by atoms with E-state index in [4.69, 9.17) is 0 Å². The average Bonchev–Trinajstić information content (AvgIpc) is 2.61. The average molecular weight is 312 g/mol. The zero-order valence-electron chi connectivity index (χ0n) is 12.4. The van der Waals surface area contributed by atoms with E-state index in [0.29, 0.717) is 17.7 Å². The number of hydrogen-bond donors (Lipinski definition) is 1. The number of fused-ring (bicyclic) bond motifs is 2. The Kier molecular flexibility index (Phi) is 3.80. The van der Waals surface area contributed by atoms with Crippen LogP contribution in [-0.4, -0.2) is 37.9 Å². The summed E-state index contributed by atoms with van der Waals surface area (Å²) in [4.78, 5) is 0.280. The number of rotatable bonds is 2. The fourth-order valence-corrected chi connectivity index (χ4v) is 6.06. The number of benzene rings is 1. The Hall–Kier alpha value is -0.980. The van der Waals surface area contributed by atoms with Crippen molar-refractivity contribution in [1.82, 2.24) is 9.62 Å². The topological polar surface area (TPSA) is 49.4 Å². The van der Waals surface area contributed by atoms with Crippen LogP contribution in [-0.2, 0) is 10.0 Å². The van der Waals surface area contributed by atoms with Gasteiger partial charge in [-0.15, -0.1) is 0 Å². The van der Waals surface area contributed by atoms with E-state index >= 15 is 0 Å². The lowest BCUT2D eigenvalue weighted by Gasteiger charge is -2.28. The van der Waals surface area contributed by atoms with E-state index in [1.807, 2.05) is 0 Å². The molecule has 2 fully saturated rings. The number of nitrogens with one attached hydrogen (secondary N) is 1. The minimum absolute atomic E-state index is 0.0198. The molecule has 2 atom stereocenters. The van der Waals surface area contributed by atoms with E-state index in [1.165, 1.54) is 12.1 Å². The highest BCUT2D eigenvalue weighted by Gasteiger charge is 2.43. The molecule has 0 spiro atoms. The van der Waals surface area contributed by atoms with Gasteiger partial charge in [-0.2, -0.15) is 4.31 Å². The van der Waals surface area contributed by atoms with Crippen molar-refractivity contribution in [2.24, 2.45) is 0 Å². The molecule has 1 aromatic rings. The van der Waals surface area contributed by atoms with Gasteiger partial charge in [0.15, 0.2) is 0 Å². The lowest BCUT2D eigenvalue weighted by atomic mass is 10.1. The van der Waals surface area contributed by atoms with Crippen LogP contribution in [0.1, 0.15) is 30.4 Å². The van der Waals surface area contributed by atoms with Crippen LogP contribution < -0.4 is 5.32 Å². The van der Waals surface area contributed by atoms with Gasteiger partial charge in [0, 0.05) is 18.6 Å². The molecular formula is C15H21FN2O2S. The summed E-state index contributed by atoms with van der Waals surface area (Å²) in [5.41, 5.74) is 0.980. The molecule has 1 N–H and O–H groups in total. The summed E-state index contributed by atoms with van der Waals surface area (Å²) in [5, 5.41) is 3.30. The SMILES string of the molecule is Cc1cc(F)cc(C)c1S(=O)(=O)N1C2CCNCC1CC2. The quantitative estimate of drug-likeness (QED) is 0.908. The van der Waals surface area contributed by atoms with Gasteiger partial charge in [-0.3, -0.25) is 0 Å². The standard InChI is InChI=1S/C15H21FN2O2S/c1-10-7-12(16)8-11(2)15(10)21(19,20)18-13-3-4-14(18)9-17-6-5-13/h7-8,13-14,17H,3-6,9H2,1-2H3. The Bertz CT molecular complexity index is 623. The normalized spacial score (nSPS) is 26.8. The van der Waals surface area contributed by atoms with Crippen LogP contribution in [0, 0.1) is 19.7 Å². The summed E-state index contributed by atoms with van der Waals surface area (Å²) in [7, 11) is -3.57. The second-order valence-electron chi connectivity index (χ2n) is 6.08. The van der Waals surface area contributed by atoms with Gasteiger partial charge < -0.3 is 5.32 Å². The molecule has 0 aliphatic carbocycles. The van der Waals surface area contributed by atoms with E-state index < -0.39 is 10.0 Å². The second-order valence-corrected chi connectivity index (χ2v) is 7.86. The first-order valence-corrected chi connectivity index (χ1v) is 8.86. The fourth-order valence-electron chi connectivity index (χ4n) is 3.74. The molecule has 21 heavy (non-hydrogen) atoms. The molecule has 0 saturated carbocycles. The highest BCUT2D eigenvalue weighted by molar-refractivity contribution is 7.89. The minimum Gasteiger partial charge on any atom is -0.315 e. The summed E-state index contributed by atoms with van der Waals surface area (Å²) in [5.74, 6) is -0.385. The number of halogens is 1. The molecule has 0 aromatic heterocycles. The summed E-state index contributed by atoms with van der Waals surface area (Å²) >= 11 is 0. The van der Waals surface area contributed by atoms with Gasteiger partial charge in [0.25, 0.3) is 0 Å².